The van der Waals surface area contributed by atoms with Gasteiger partial charge in [-0.3, -0.25) is 4.79 Å². The lowest BCUT2D eigenvalue weighted by Crippen LogP contribution is -2.31. The molecule has 0 bridgehead atoms. The minimum atomic E-state index is -0.848. The quantitative estimate of drug-likeness (QED) is 0.401. The number of carbonyl (C=O) groups is 1. The Morgan fingerprint density at radius 3 is 2.30 bits per heavy atom. The Morgan fingerprint density at radius 2 is 1.74 bits per heavy atom. The van der Waals surface area contributed by atoms with Crippen molar-refractivity contribution in [2.24, 2.45) is 0 Å². The Bertz CT molecular complexity index is 308. The molecule has 1 fully saturated rings. The van der Waals surface area contributed by atoms with Crippen molar-refractivity contribution in [2.45, 2.75) is 95.9 Å². The number of rotatable bonds is 13. The molecule has 1 saturated heterocycles. The topological polar surface area (TPSA) is 76.0 Å². The maximum absolute atomic E-state index is 11.6. The van der Waals surface area contributed by atoms with Crippen LogP contribution in [0.15, 0.2) is 0 Å². The van der Waals surface area contributed by atoms with Gasteiger partial charge in [-0.2, -0.15) is 0 Å². The largest absolute Gasteiger partial charge is 0.463 e. The second-order valence-corrected chi connectivity index (χ2v) is 6.59. The van der Waals surface area contributed by atoms with Crippen molar-refractivity contribution < 1.29 is 24.5 Å². The van der Waals surface area contributed by atoms with Crippen LogP contribution in [0.25, 0.3) is 0 Å². The number of carbonyl (C=O) groups excluding carboxylic acids is 1. The average Bonchev–Trinajstić information content (AvgIpc) is 2.97. The van der Waals surface area contributed by atoms with Crippen LogP contribution in [0.4, 0.5) is 0 Å². The monoisotopic (exact) mass is 330 g/mol. The van der Waals surface area contributed by atoms with Crippen molar-refractivity contribution in [2.75, 3.05) is 13.2 Å². The van der Waals surface area contributed by atoms with Crippen LogP contribution in [0.1, 0.15) is 77.6 Å². The van der Waals surface area contributed by atoms with E-state index in [0.29, 0.717) is 12.8 Å². The maximum atomic E-state index is 11.6. The minimum Gasteiger partial charge on any atom is -0.463 e. The van der Waals surface area contributed by atoms with E-state index in [4.69, 9.17) is 9.47 Å². The van der Waals surface area contributed by atoms with Gasteiger partial charge in [-0.15, -0.1) is 0 Å². The van der Waals surface area contributed by atoms with E-state index >= 15 is 0 Å². The first-order chi connectivity index (χ1) is 11.1. The number of hydrogen-bond acceptors (Lipinski definition) is 5. The van der Waals surface area contributed by atoms with Crippen LogP contribution in [0, 0.1) is 0 Å². The van der Waals surface area contributed by atoms with Gasteiger partial charge in [-0.1, -0.05) is 58.3 Å². The van der Waals surface area contributed by atoms with E-state index in [1.807, 2.05) is 0 Å². The fourth-order valence-electron chi connectivity index (χ4n) is 2.84. The predicted molar refractivity (Wildman–Crippen MR) is 89.2 cm³/mol. The first kappa shape index (κ1) is 20.4. The molecule has 1 heterocycles. The van der Waals surface area contributed by atoms with Crippen molar-refractivity contribution in [3.63, 3.8) is 0 Å². The lowest BCUT2D eigenvalue weighted by Gasteiger charge is -2.17. The van der Waals surface area contributed by atoms with Crippen molar-refractivity contribution in [1.82, 2.24) is 0 Å². The first-order valence-electron chi connectivity index (χ1n) is 9.26. The molecule has 5 heteroatoms. The van der Waals surface area contributed by atoms with E-state index in [9.17, 15) is 15.0 Å². The van der Waals surface area contributed by atoms with Crippen LogP contribution in [0.3, 0.4) is 0 Å². The fourth-order valence-corrected chi connectivity index (χ4v) is 2.84. The van der Waals surface area contributed by atoms with Crippen LogP contribution in [-0.4, -0.2) is 47.7 Å². The second kappa shape index (κ2) is 12.7. The number of aliphatic hydroxyl groups is 2. The summed E-state index contributed by atoms with van der Waals surface area (Å²) < 4.78 is 10.3. The molecule has 2 N–H and O–H groups in total. The molecule has 0 radical (unpaired) electrons. The smallest absolute Gasteiger partial charge is 0.305 e. The summed E-state index contributed by atoms with van der Waals surface area (Å²) in [4.78, 5) is 11.6. The SMILES string of the molecule is CCCCCCCCCCCC(=O)OC[C@@H](O)[C@@H]1C[C@H](O)CO1. The molecule has 0 spiro atoms. The summed E-state index contributed by atoms with van der Waals surface area (Å²) in [5, 5.41) is 19.2. The van der Waals surface area contributed by atoms with Crippen LogP contribution >= 0.6 is 0 Å². The van der Waals surface area contributed by atoms with Crippen LogP contribution in [0.5, 0.6) is 0 Å². The third-order valence-corrected chi connectivity index (χ3v) is 4.34. The van der Waals surface area contributed by atoms with Crippen LogP contribution in [0.2, 0.25) is 0 Å². The van der Waals surface area contributed by atoms with Crippen molar-refractivity contribution in [3.8, 4) is 0 Å². The van der Waals surface area contributed by atoms with Gasteiger partial charge in [-0.05, 0) is 6.42 Å². The molecule has 0 aromatic carbocycles. The Kier molecular flexibility index (Phi) is 11.3. The van der Waals surface area contributed by atoms with Gasteiger partial charge < -0.3 is 19.7 Å². The summed E-state index contributed by atoms with van der Waals surface area (Å²) in [5.41, 5.74) is 0. The normalized spacial score (nSPS) is 22.2. The number of aliphatic hydroxyl groups excluding tert-OH is 2. The summed E-state index contributed by atoms with van der Waals surface area (Å²) in [7, 11) is 0. The van der Waals surface area contributed by atoms with Gasteiger partial charge >= 0.3 is 5.97 Å². The fraction of sp³-hybridized carbons (Fsp3) is 0.944. The van der Waals surface area contributed by atoms with Crippen molar-refractivity contribution in [1.29, 1.82) is 0 Å². The van der Waals surface area contributed by atoms with E-state index in [1.54, 1.807) is 0 Å². The number of hydrogen-bond donors (Lipinski definition) is 2. The molecule has 0 aromatic rings. The number of unbranched alkanes of at least 4 members (excludes halogenated alkanes) is 8. The Labute approximate surface area is 140 Å². The molecule has 3 atom stereocenters. The van der Waals surface area contributed by atoms with E-state index in [0.717, 1.165) is 12.8 Å². The molecule has 1 aliphatic rings. The van der Waals surface area contributed by atoms with Gasteiger partial charge in [0.1, 0.15) is 12.7 Å². The molecule has 1 aliphatic heterocycles. The highest BCUT2D eigenvalue weighted by atomic mass is 16.6. The molecule has 23 heavy (non-hydrogen) atoms. The molecule has 1 rings (SSSR count). The molecule has 0 aliphatic carbocycles. The highest BCUT2D eigenvalue weighted by molar-refractivity contribution is 5.69. The molecule has 0 aromatic heterocycles. The number of ether oxygens (including phenoxy) is 2. The van der Waals surface area contributed by atoms with E-state index in [2.05, 4.69) is 6.92 Å². The third-order valence-electron chi connectivity index (χ3n) is 4.34. The Hall–Kier alpha value is -0.650. The van der Waals surface area contributed by atoms with E-state index in [-0.39, 0.29) is 19.2 Å². The third kappa shape index (κ3) is 9.95. The van der Waals surface area contributed by atoms with Crippen LogP contribution < -0.4 is 0 Å². The Balaban J connectivity index is 1.90. The summed E-state index contributed by atoms with van der Waals surface area (Å²) >= 11 is 0. The van der Waals surface area contributed by atoms with Gasteiger partial charge in [0.15, 0.2) is 0 Å². The molecule has 5 nitrogen and oxygen atoms in total. The van der Waals surface area contributed by atoms with Crippen molar-refractivity contribution in [3.05, 3.63) is 0 Å². The Morgan fingerprint density at radius 1 is 1.13 bits per heavy atom. The molecule has 0 saturated carbocycles. The maximum Gasteiger partial charge on any atom is 0.305 e. The van der Waals surface area contributed by atoms with Gasteiger partial charge in [0.2, 0.25) is 0 Å². The van der Waals surface area contributed by atoms with Gasteiger partial charge in [-0.25, -0.2) is 0 Å². The zero-order valence-electron chi connectivity index (χ0n) is 14.5. The number of esters is 1. The van der Waals surface area contributed by atoms with E-state index < -0.39 is 18.3 Å². The molecule has 0 unspecified atom stereocenters. The first-order valence-corrected chi connectivity index (χ1v) is 9.26. The minimum absolute atomic E-state index is 0.0480. The van der Waals surface area contributed by atoms with Gasteiger partial charge in [0.25, 0.3) is 0 Å². The molecule has 136 valence electrons. The average molecular weight is 330 g/mol. The zero-order valence-corrected chi connectivity index (χ0v) is 14.5. The van der Waals surface area contributed by atoms with Crippen LogP contribution in [-0.2, 0) is 14.3 Å². The van der Waals surface area contributed by atoms with Gasteiger partial charge in [0, 0.05) is 12.8 Å². The summed E-state index contributed by atoms with van der Waals surface area (Å²) in [6, 6.07) is 0. The van der Waals surface area contributed by atoms with Gasteiger partial charge in [0.05, 0.1) is 18.8 Å². The molecular weight excluding hydrogens is 296 g/mol. The summed E-state index contributed by atoms with van der Waals surface area (Å²) in [5.74, 6) is -0.259. The standard InChI is InChI=1S/C18H34O5/c1-2-3-4-5-6-7-8-9-10-11-18(21)23-14-16(20)17-12-15(19)13-22-17/h15-17,19-20H,2-14H2,1H3/t15-,16+,17-/m0/s1. The zero-order chi connectivity index (χ0) is 16.9. The lowest BCUT2D eigenvalue weighted by molar-refractivity contribution is -0.149. The highest BCUT2D eigenvalue weighted by Crippen LogP contribution is 2.17. The molecular formula is C18H34O5. The molecule has 0 amide bonds. The predicted octanol–water partition coefficient (Wildman–Crippen LogP) is 2.96. The van der Waals surface area contributed by atoms with E-state index in [1.165, 1.54) is 44.9 Å². The highest BCUT2D eigenvalue weighted by Gasteiger charge is 2.30. The summed E-state index contributed by atoms with van der Waals surface area (Å²) in [6.07, 6.45) is 9.93. The summed E-state index contributed by atoms with van der Waals surface area (Å²) in [6.45, 7) is 2.42. The van der Waals surface area contributed by atoms with Crippen molar-refractivity contribution >= 4 is 5.97 Å². The lowest BCUT2D eigenvalue weighted by atomic mass is 10.1. The second-order valence-electron chi connectivity index (χ2n) is 6.59.